The van der Waals surface area contributed by atoms with Crippen LogP contribution in [0.25, 0.3) is 0 Å². The summed E-state index contributed by atoms with van der Waals surface area (Å²) in [6.45, 7) is 4.53. The van der Waals surface area contributed by atoms with Gasteiger partial charge in [-0.3, -0.25) is 9.69 Å². The van der Waals surface area contributed by atoms with Crippen LogP contribution in [0.5, 0.6) is 0 Å². The highest BCUT2D eigenvalue weighted by molar-refractivity contribution is 5.69. The number of fused-ring (bicyclic) bond motifs is 1. The Kier molecular flexibility index (Phi) is 3.29. The third-order valence-electron chi connectivity index (χ3n) is 4.07. The monoisotopic (exact) mass is 211 g/mol. The van der Waals surface area contributed by atoms with Crippen molar-refractivity contribution in [3.05, 3.63) is 0 Å². The van der Waals surface area contributed by atoms with E-state index in [1.165, 1.54) is 39.5 Å². The fraction of sp³-hybridized carbons (Fsp3) is 0.917. The van der Waals surface area contributed by atoms with Crippen molar-refractivity contribution in [2.75, 3.05) is 20.2 Å². The second-order valence-corrected chi connectivity index (χ2v) is 5.03. The molecule has 1 saturated heterocycles. The van der Waals surface area contributed by atoms with E-state index < -0.39 is 0 Å². The molecule has 3 heteroatoms. The molecule has 0 amide bonds. The Balaban J connectivity index is 1.82. The van der Waals surface area contributed by atoms with Crippen molar-refractivity contribution in [1.82, 2.24) is 4.90 Å². The summed E-state index contributed by atoms with van der Waals surface area (Å²) in [6.07, 6.45) is 4.74. The van der Waals surface area contributed by atoms with Crippen LogP contribution < -0.4 is 0 Å². The average Bonchev–Trinajstić information content (AvgIpc) is 2.76. The normalized spacial score (nSPS) is 32.7. The molecule has 1 aliphatic carbocycles. The highest BCUT2D eigenvalue weighted by Crippen LogP contribution is 2.38. The molecule has 1 heterocycles. The van der Waals surface area contributed by atoms with E-state index in [2.05, 4.69) is 11.8 Å². The van der Waals surface area contributed by atoms with E-state index in [0.29, 0.717) is 12.5 Å². The van der Waals surface area contributed by atoms with Gasteiger partial charge in [0.05, 0.1) is 13.5 Å². The van der Waals surface area contributed by atoms with Crippen molar-refractivity contribution >= 4 is 5.97 Å². The van der Waals surface area contributed by atoms with Crippen molar-refractivity contribution in [2.24, 2.45) is 11.8 Å². The Morgan fingerprint density at radius 2 is 2.00 bits per heavy atom. The maximum atomic E-state index is 11.2. The van der Waals surface area contributed by atoms with E-state index in [4.69, 9.17) is 4.74 Å². The summed E-state index contributed by atoms with van der Waals surface area (Å²) < 4.78 is 4.71. The Morgan fingerprint density at radius 1 is 1.40 bits per heavy atom. The van der Waals surface area contributed by atoms with Crippen LogP contribution in [0.15, 0.2) is 0 Å². The lowest BCUT2D eigenvalue weighted by Gasteiger charge is -2.23. The molecule has 0 aromatic rings. The van der Waals surface area contributed by atoms with Crippen molar-refractivity contribution in [3.63, 3.8) is 0 Å². The smallest absolute Gasteiger partial charge is 0.307 e. The molecular formula is C12H21NO2. The van der Waals surface area contributed by atoms with Crippen LogP contribution in [-0.4, -0.2) is 37.1 Å². The summed E-state index contributed by atoms with van der Waals surface area (Å²) in [7, 11) is 1.47. The van der Waals surface area contributed by atoms with Gasteiger partial charge in [0.25, 0.3) is 0 Å². The molecule has 2 rings (SSSR count). The van der Waals surface area contributed by atoms with E-state index >= 15 is 0 Å². The van der Waals surface area contributed by atoms with Gasteiger partial charge in [-0.15, -0.1) is 0 Å². The van der Waals surface area contributed by atoms with E-state index in [-0.39, 0.29) is 5.97 Å². The van der Waals surface area contributed by atoms with E-state index in [1.54, 1.807) is 0 Å². The quantitative estimate of drug-likeness (QED) is 0.665. The molecule has 0 aromatic carbocycles. The van der Waals surface area contributed by atoms with Gasteiger partial charge in [-0.05, 0) is 31.6 Å². The second kappa shape index (κ2) is 4.52. The molecule has 86 valence electrons. The number of rotatable bonds is 3. The van der Waals surface area contributed by atoms with Gasteiger partial charge in [0.15, 0.2) is 0 Å². The van der Waals surface area contributed by atoms with Crippen molar-refractivity contribution in [1.29, 1.82) is 0 Å². The van der Waals surface area contributed by atoms with E-state index in [1.807, 2.05) is 0 Å². The molecule has 2 aliphatic rings. The summed E-state index contributed by atoms with van der Waals surface area (Å²) >= 11 is 0. The molecule has 1 saturated carbocycles. The summed E-state index contributed by atoms with van der Waals surface area (Å²) in [5, 5.41) is 0. The maximum absolute atomic E-state index is 11.2. The Labute approximate surface area is 91.8 Å². The van der Waals surface area contributed by atoms with Crippen LogP contribution in [-0.2, 0) is 9.53 Å². The number of hydrogen-bond donors (Lipinski definition) is 0. The first kappa shape index (κ1) is 10.9. The molecule has 3 nitrogen and oxygen atoms in total. The Morgan fingerprint density at radius 3 is 2.53 bits per heavy atom. The third kappa shape index (κ3) is 2.33. The maximum Gasteiger partial charge on any atom is 0.307 e. The van der Waals surface area contributed by atoms with Crippen molar-refractivity contribution in [3.8, 4) is 0 Å². The van der Waals surface area contributed by atoms with Gasteiger partial charge >= 0.3 is 5.97 Å². The summed E-state index contributed by atoms with van der Waals surface area (Å²) in [5.74, 6) is 1.73. The first-order valence-corrected chi connectivity index (χ1v) is 6.01. The predicted molar refractivity (Wildman–Crippen MR) is 58.5 cm³/mol. The lowest BCUT2D eigenvalue weighted by Crippen LogP contribution is -2.33. The second-order valence-electron chi connectivity index (χ2n) is 5.03. The average molecular weight is 211 g/mol. The van der Waals surface area contributed by atoms with Gasteiger partial charge < -0.3 is 4.74 Å². The Bertz CT molecular complexity index is 230. The van der Waals surface area contributed by atoms with Gasteiger partial charge in [0.2, 0.25) is 0 Å². The standard InChI is InChI=1S/C12H21NO2/c1-9(6-12(14)15-2)13-7-10-4-3-5-11(10)8-13/h9-11H,3-8H2,1-2H3. The number of carbonyl (C=O) groups excluding carboxylic acids is 1. The molecule has 15 heavy (non-hydrogen) atoms. The van der Waals surface area contributed by atoms with Crippen LogP contribution in [0, 0.1) is 11.8 Å². The molecule has 0 radical (unpaired) electrons. The van der Waals surface area contributed by atoms with Crippen LogP contribution >= 0.6 is 0 Å². The molecule has 3 atom stereocenters. The number of carbonyl (C=O) groups is 1. The lowest BCUT2D eigenvalue weighted by molar-refractivity contribution is -0.141. The van der Waals surface area contributed by atoms with Crippen LogP contribution in [0.3, 0.4) is 0 Å². The van der Waals surface area contributed by atoms with Gasteiger partial charge in [-0.1, -0.05) is 6.42 Å². The topological polar surface area (TPSA) is 29.5 Å². The predicted octanol–water partition coefficient (Wildman–Crippen LogP) is 1.67. The fourth-order valence-electron chi connectivity index (χ4n) is 3.08. The zero-order valence-corrected chi connectivity index (χ0v) is 9.74. The number of methoxy groups -OCH3 is 1. The number of hydrogen-bond acceptors (Lipinski definition) is 3. The Hall–Kier alpha value is -0.570. The van der Waals surface area contributed by atoms with Crippen molar-refractivity contribution < 1.29 is 9.53 Å². The minimum Gasteiger partial charge on any atom is -0.469 e. The molecule has 0 bridgehead atoms. The highest BCUT2D eigenvalue weighted by Gasteiger charge is 2.37. The summed E-state index contributed by atoms with van der Waals surface area (Å²) in [5.41, 5.74) is 0. The zero-order chi connectivity index (χ0) is 10.8. The summed E-state index contributed by atoms with van der Waals surface area (Å²) in [4.78, 5) is 13.6. The minimum absolute atomic E-state index is 0.0837. The van der Waals surface area contributed by atoms with Gasteiger partial charge in [-0.25, -0.2) is 0 Å². The SMILES string of the molecule is COC(=O)CC(C)N1CC2CCCC2C1. The van der Waals surface area contributed by atoms with Crippen molar-refractivity contribution in [2.45, 2.75) is 38.6 Å². The highest BCUT2D eigenvalue weighted by atomic mass is 16.5. The molecule has 0 aromatic heterocycles. The van der Waals surface area contributed by atoms with Gasteiger partial charge in [0.1, 0.15) is 0 Å². The molecule has 0 N–H and O–H groups in total. The zero-order valence-electron chi connectivity index (χ0n) is 9.74. The molecular weight excluding hydrogens is 190 g/mol. The molecule has 0 spiro atoms. The molecule has 3 unspecified atom stereocenters. The third-order valence-corrected chi connectivity index (χ3v) is 4.07. The minimum atomic E-state index is -0.0837. The van der Waals surface area contributed by atoms with Crippen LogP contribution in [0.4, 0.5) is 0 Å². The van der Waals surface area contributed by atoms with E-state index in [9.17, 15) is 4.79 Å². The van der Waals surface area contributed by atoms with Crippen LogP contribution in [0.2, 0.25) is 0 Å². The fourth-order valence-corrected chi connectivity index (χ4v) is 3.08. The van der Waals surface area contributed by atoms with Gasteiger partial charge in [-0.2, -0.15) is 0 Å². The lowest BCUT2D eigenvalue weighted by atomic mass is 10.0. The number of ether oxygens (including phenoxy) is 1. The van der Waals surface area contributed by atoms with E-state index in [0.717, 1.165) is 11.8 Å². The largest absolute Gasteiger partial charge is 0.469 e. The summed E-state index contributed by atoms with van der Waals surface area (Å²) in [6, 6.07) is 0.350. The number of likely N-dealkylation sites (tertiary alicyclic amines) is 1. The first-order chi connectivity index (χ1) is 7.20. The first-order valence-electron chi connectivity index (χ1n) is 6.01. The molecule has 1 aliphatic heterocycles. The number of nitrogens with zero attached hydrogens (tertiary/aromatic N) is 1. The van der Waals surface area contributed by atoms with Crippen LogP contribution in [0.1, 0.15) is 32.6 Å². The number of esters is 1. The molecule has 2 fully saturated rings. The van der Waals surface area contributed by atoms with Gasteiger partial charge in [0, 0.05) is 19.1 Å².